The number of nitrogens with two attached hydrogens (primary N) is 2. The molecule has 4 aromatic rings. The second-order valence-corrected chi connectivity index (χ2v) is 7.35. The Morgan fingerprint density at radius 3 is 2.59 bits per heavy atom. The van der Waals surface area contributed by atoms with Crippen molar-refractivity contribution >= 4 is 35.2 Å². The average Bonchev–Trinajstić information content (AvgIpc) is 3.24. The summed E-state index contributed by atoms with van der Waals surface area (Å²) < 4.78 is 0. The minimum atomic E-state index is 0.187. The molecule has 0 saturated carbocycles. The SMILES string of the molecule is NC(=Nc1ccc(-c2ccccc2)nn1)Nc1ccccc1C#CCSc1n[nH]c(N)n1. The van der Waals surface area contributed by atoms with Gasteiger partial charge in [0, 0.05) is 11.1 Å². The number of thioether (sulfide) groups is 1. The maximum absolute atomic E-state index is 6.08. The summed E-state index contributed by atoms with van der Waals surface area (Å²) in [5.41, 5.74) is 14.9. The van der Waals surface area contributed by atoms with Crippen molar-refractivity contribution in [3.8, 4) is 23.1 Å². The summed E-state index contributed by atoms with van der Waals surface area (Å²) in [4.78, 5) is 8.32. The van der Waals surface area contributed by atoms with Gasteiger partial charge >= 0.3 is 0 Å². The van der Waals surface area contributed by atoms with Crippen LogP contribution in [-0.2, 0) is 0 Å². The second-order valence-electron chi connectivity index (χ2n) is 6.40. The van der Waals surface area contributed by atoms with Gasteiger partial charge < -0.3 is 16.8 Å². The third-order valence-electron chi connectivity index (χ3n) is 4.12. The smallest absolute Gasteiger partial charge is 0.216 e. The van der Waals surface area contributed by atoms with Crippen LogP contribution in [-0.4, -0.2) is 37.1 Å². The number of nitrogen functional groups attached to an aromatic ring is 1. The number of nitrogens with zero attached hydrogens (tertiary/aromatic N) is 5. The van der Waals surface area contributed by atoms with Crippen LogP contribution in [0.5, 0.6) is 0 Å². The molecule has 2 aromatic carbocycles. The monoisotopic (exact) mass is 441 g/mol. The van der Waals surface area contributed by atoms with Gasteiger partial charge in [-0.25, -0.2) is 5.10 Å². The molecule has 0 saturated heterocycles. The molecule has 158 valence electrons. The average molecular weight is 442 g/mol. The quantitative estimate of drug-likeness (QED) is 0.160. The zero-order chi connectivity index (χ0) is 22.2. The summed E-state index contributed by atoms with van der Waals surface area (Å²) in [6.07, 6.45) is 0. The van der Waals surface area contributed by atoms with Gasteiger partial charge in [0.15, 0.2) is 11.8 Å². The molecule has 9 nitrogen and oxygen atoms in total. The number of H-pyrrole nitrogens is 1. The number of guanidine groups is 1. The van der Waals surface area contributed by atoms with E-state index in [9.17, 15) is 0 Å². The van der Waals surface area contributed by atoms with Gasteiger partial charge in [-0.15, -0.1) is 15.3 Å². The highest BCUT2D eigenvalue weighted by molar-refractivity contribution is 7.99. The number of hydrogen-bond acceptors (Lipinski definition) is 7. The third-order valence-corrected chi connectivity index (χ3v) is 4.85. The maximum Gasteiger partial charge on any atom is 0.216 e. The van der Waals surface area contributed by atoms with Crippen LogP contribution in [0.1, 0.15) is 5.56 Å². The highest BCUT2D eigenvalue weighted by Crippen LogP contribution is 2.18. The number of rotatable bonds is 5. The summed E-state index contributed by atoms with van der Waals surface area (Å²) in [7, 11) is 0. The van der Waals surface area contributed by atoms with Gasteiger partial charge in [0.05, 0.1) is 17.1 Å². The molecule has 0 unspecified atom stereocenters. The molecule has 0 amide bonds. The van der Waals surface area contributed by atoms with Crippen LogP contribution in [0.25, 0.3) is 11.3 Å². The van der Waals surface area contributed by atoms with E-state index in [1.165, 1.54) is 11.8 Å². The van der Waals surface area contributed by atoms with Crippen LogP contribution >= 0.6 is 11.8 Å². The number of aromatic amines is 1. The van der Waals surface area contributed by atoms with E-state index < -0.39 is 0 Å². The Labute approximate surface area is 188 Å². The first-order valence-corrected chi connectivity index (χ1v) is 10.5. The van der Waals surface area contributed by atoms with Crippen molar-refractivity contribution in [2.24, 2.45) is 10.7 Å². The topological polar surface area (TPSA) is 144 Å². The Balaban J connectivity index is 1.41. The van der Waals surface area contributed by atoms with E-state index >= 15 is 0 Å². The number of hydrogen-bond donors (Lipinski definition) is 4. The second kappa shape index (κ2) is 10.1. The minimum absolute atomic E-state index is 0.187. The summed E-state index contributed by atoms with van der Waals surface area (Å²) in [6.45, 7) is 0. The summed E-state index contributed by atoms with van der Waals surface area (Å²) in [5, 5.41) is 18.5. The normalized spacial score (nSPS) is 10.9. The van der Waals surface area contributed by atoms with Crippen molar-refractivity contribution in [2.75, 3.05) is 16.8 Å². The van der Waals surface area contributed by atoms with E-state index in [0.717, 1.165) is 22.5 Å². The molecule has 0 spiro atoms. The molecule has 2 heterocycles. The van der Waals surface area contributed by atoms with E-state index in [4.69, 9.17) is 11.5 Å². The van der Waals surface area contributed by atoms with E-state index in [2.05, 4.69) is 47.5 Å². The number of aromatic nitrogens is 5. The van der Waals surface area contributed by atoms with Gasteiger partial charge in [0.25, 0.3) is 0 Å². The minimum Gasteiger partial charge on any atom is -0.369 e. The molecule has 0 bridgehead atoms. The summed E-state index contributed by atoms with van der Waals surface area (Å²) >= 11 is 1.39. The molecule has 0 atom stereocenters. The van der Waals surface area contributed by atoms with Gasteiger partial charge in [0.2, 0.25) is 11.1 Å². The zero-order valence-corrected chi connectivity index (χ0v) is 17.7. The first-order valence-electron chi connectivity index (χ1n) is 9.56. The van der Waals surface area contributed by atoms with Gasteiger partial charge in [-0.2, -0.15) is 9.98 Å². The lowest BCUT2D eigenvalue weighted by molar-refractivity contribution is 0.976. The van der Waals surface area contributed by atoms with Crippen LogP contribution in [0.2, 0.25) is 0 Å². The molecule has 6 N–H and O–H groups in total. The molecule has 32 heavy (non-hydrogen) atoms. The molecule has 2 aromatic heterocycles. The lowest BCUT2D eigenvalue weighted by atomic mass is 10.1. The number of anilines is 2. The van der Waals surface area contributed by atoms with Crippen LogP contribution in [0.15, 0.2) is 76.9 Å². The maximum atomic E-state index is 6.08. The first-order chi connectivity index (χ1) is 15.7. The van der Waals surface area contributed by atoms with Crippen LogP contribution in [0.4, 0.5) is 17.5 Å². The number of para-hydroxylation sites is 1. The van der Waals surface area contributed by atoms with Crippen molar-refractivity contribution in [3.05, 3.63) is 72.3 Å². The fourth-order valence-corrected chi connectivity index (χ4v) is 3.24. The Hall–Kier alpha value is -4.36. The number of nitrogens with one attached hydrogen (secondary N) is 2. The molecule has 0 aliphatic carbocycles. The van der Waals surface area contributed by atoms with Crippen LogP contribution in [0.3, 0.4) is 0 Å². The predicted molar refractivity (Wildman–Crippen MR) is 127 cm³/mol. The summed E-state index contributed by atoms with van der Waals surface area (Å²) in [5.74, 6) is 7.58. The van der Waals surface area contributed by atoms with Gasteiger partial charge in [-0.05, 0) is 24.3 Å². The van der Waals surface area contributed by atoms with Crippen molar-refractivity contribution in [1.29, 1.82) is 0 Å². The van der Waals surface area contributed by atoms with E-state index in [1.807, 2.05) is 60.7 Å². The molecule has 0 aliphatic rings. The van der Waals surface area contributed by atoms with Gasteiger partial charge in [-0.3, -0.25) is 0 Å². The Bertz CT molecular complexity index is 1270. The van der Waals surface area contributed by atoms with Crippen molar-refractivity contribution in [1.82, 2.24) is 25.4 Å². The molecule has 4 rings (SSSR count). The molecule has 0 aliphatic heterocycles. The van der Waals surface area contributed by atoms with Gasteiger partial charge in [-0.1, -0.05) is 66.1 Å². The molecule has 10 heteroatoms. The van der Waals surface area contributed by atoms with Crippen molar-refractivity contribution in [3.63, 3.8) is 0 Å². The Morgan fingerprint density at radius 2 is 1.84 bits per heavy atom. The van der Waals surface area contributed by atoms with Crippen molar-refractivity contribution < 1.29 is 0 Å². The molecular weight excluding hydrogens is 422 g/mol. The van der Waals surface area contributed by atoms with E-state index in [-0.39, 0.29) is 11.9 Å². The molecule has 0 radical (unpaired) electrons. The Kier molecular flexibility index (Phi) is 6.60. The lowest BCUT2D eigenvalue weighted by Crippen LogP contribution is -2.22. The van der Waals surface area contributed by atoms with Crippen LogP contribution < -0.4 is 16.8 Å². The first kappa shape index (κ1) is 20.9. The molecule has 0 fully saturated rings. The summed E-state index contributed by atoms with van der Waals surface area (Å²) in [6, 6.07) is 21.0. The highest BCUT2D eigenvalue weighted by Gasteiger charge is 2.04. The van der Waals surface area contributed by atoms with Crippen LogP contribution in [0, 0.1) is 11.8 Å². The largest absolute Gasteiger partial charge is 0.369 e. The number of benzene rings is 2. The Morgan fingerprint density at radius 1 is 1.03 bits per heavy atom. The molecular formula is C22H19N9S. The highest BCUT2D eigenvalue weighted by atomic mass is 32.2. The van der Waals surface area contributed by atoms with E-state index in [0.29, 0.717) is 16.7 Å². The zero-order valence-electron chi connectivity index (χ0n) is 16.9. The van der Waals surface area contributed by atoms with Crippen molar-refractivity contribution in [2.45, 2.75) is 5.16 Å². The number of aliphatic imine (C=N–C) groups is 1. The third kappa shape index (κ3) is 5.62. The fraction of sp³-hybridized carbons (Fsp3) is 0.0455. The lowest BCUT2D eigenvalue weighted by Gasteiger charge is -2.07. The van der Waals surface area contributed by atoms with Gasteiger partial charge in [0.1, 0.15) is 0 Å². The van der Waals surface area contributed by atoms with E-state index in [1.54, 1.807) is 6.07 Å². The fourth-order valence-electron chi connectivity index (χ4n) is 2.69. The predicted octanol–water partition coefficient (Wildman–Crippen LogP) is 3.05. The standard InChI is InChI=1S/C22H19N9S/c23-20(26-19-13-12-18(28-29-19)16-7-2-1-3-8-16)25-17-11-5-4-9-15(17)10-6-14-32-22-27-21(24)30-31-22/h1-5,7-9,11-13H,14H2,(H3,23,25,26,29)(H3,24,27,30,31).